The Morgan fingerprint density at radius 1 is 1.13 bits per heavy atom. The van der Waals surface area contributed by atoms with Crippen LogP contribution in [0.3, 0.4) is 0 Å². The van der Waals surface area contributed by atoms with E-state index in [0.717, 1.165) is 12.1 Å². The summed E-state index contributed by atoms with van der Waals surface area (Å²) in [5.41, 5.74) is 0.998. The van der Waals surface area contributed by atoms with Gasteiger partial charge in [-0.25, -0.2) is 9.37 Å². The molecular formula is C13H7ClF4N4O. The van der Waals surface area contributed by atoms with Crippen molar-refractivity contribution in [2.75, 3.05) is 0 Å². The van der Waals surface area contributed by atoms with E-state index in [-0.39, 0.29) is 22.4 Å². The summed E-state index contributed by atoms with van der Waals surface area (Å²) >= 11 is 5.97. The van der Waals surface area contributed by atoms with Crippen LogP contribution in [0.25, 0.3) is 16.9 Å². The second kappa shape index (κ2) is 5.65. The number of nitrogens with zero attached hydrogens (tertiary/aromatic N) is 4. The molecule has 0 saturated carbocycles. The van der Waals surface area contributed by atoms with E-state index in [1.54, 1.807) is 0 Å². The molecule has 0 fully saturated rings. The van der Waals surface area contributed by atoms with Gasteiger partial charge >= 0.3 is 6.36 Å². The van der Waals surface area contributed by atoms with Gasteiger partial charge < -0.3 is 4.74 Å². The molecular weight excluding hydrogens is 340 g/mol. The maximum absolute atomic E-state index is 12.9. The molecule has 0 unspecified atom stereocenters. The highest BCUT2D eigenvalue weighted by Crippen LogP contribution is 2.27. The van der Waals surface area contributed by atoms with Crippen LogP contribution in [0.4, 0.5) is 17.6 Å². The fourth-order valence-electron chi connectivity index (χ4n) is 1.96. The van der Waals surface area contributed by atoms with E-state index < -0.39 is 13.0 Å². The van der Waals surface area contributed by atoms with Crippen molar-refractivity contribution in [1.82, 2.24) is 19.6 Å². The summed E-state index contributed by atoms with van der Waals surface area (Å²) in [4.78, 5) is 4.08. The van der Waals surface area contributed by atoms with Crippen molar-refractivity contribution in [2.45, 2.75) is 13.0 Å². The average molecular weight is 347 g/mol. The number of rotatable bonds is 3. The molecule has 1 aromatic carbocycles. The number of halogens is 5. The zero-order valence-electron chi connectivity index (χ0n) is 11.2. The largest absolute Gasteiger partial charge is 0.573 e. The van der Waals surface area contributed by atoms with E-state index in [0.29, 0.717) is 11.3 Å². The normalized spacial score (nSPS) is 11.9. The minimum atomic E-state index is -4.76. The smallest absolute Gasteiger partial charge is 0.406 e. The van der Waals surface area contributed by atoms with E-state index >= 15 is 0 Å². The lowest BCUT2D eigenvalue weighted by atomic mass is 10.1. The number of aromatic nitrogens is 4. The molecule has 5 nitrogen and oxygen atoms in total. The predicted octanol–water partition coefficient (Wildman–Crippen LogP) is 3.81. The number of hydrogen-bond acceptors (Lipinski definition) is 4. The van der Waals surface area contributed by atoms with E-state index in [1.165, 1.54) is 22.7 Å². The molecule has 0 aliphatic rings. The van der Waals surface area contributed by atoms with Crippen molar-refractivity contribution in [3.63, 3.8) is 0 Å². The van der Waals surface area contributed by atoms with Crippen LogP contribution in [0.2, 0.25) is 5.15 Å². The summed E-state index contributed by atoms with van der Waals surface area (Å²) in [6.07, 6.45) is -3.31. The third-order valence-electron chi connectivity index (χ3n) is 2.92. The van der Waals surface area contributed by atoms with Gasteiger partial charge in [-0.15, -0.1) is 23.4 Å². The van der Waals surface area contributed by atoms with Crippen LogP contribution >= 0.6 is 11.6 Å². The Labute approximate surface area is 131 Å². The van der Waals surface area contributed by atoms with Gasteiger partial charge in [0, 0.05) is 11.8 Å². The highest BCUT2D eigenvalue weighted by molar-refractivity contribution is 6.32. The molecule has 3 aromatic rings. The second-order valence-corrected chi connectivity index (χ2v) is 4.79. The van der Waals surface area contributed by atoms with Crippen molar-refractivity contribution in [3.05, 3.63) is 41.4 Å². The highest BCUT2D eigenvalue weighted by Gasteiger charge is 2.31. The molecule has 0 amide bonds. The van der Waals surface area contributed by atoms with Crippen molar-refractivity contribution in [1.29, 1.82) is 0 Å². The van der Waals surface area contributed by atoms with E-state index in [4.69, 9.17) is 11.6 Å². The standard InChI is InChI=1S/C13H7ClF4N4O/c14-11-12-21-20-10(5-15)22(12)6-9(19-11)7-1-3-8(4-2-7)23-13(16,17)18/h1-4,6H,5H2. The topological polar surface area (TPSA) is 52.3 Å². The lowest BCUT2D eigenvalue weighted by molar-refractivity contribution is -0.274. The van der Waals surface area contributed by atoms with Crippen molar-refractivity contribution in [3.8, 4) is 17.0 Å². The summed E-state index contributed by atoms with van der Waals surface area (Å²) in [6.45, 7) is -0.848. The Kier molecular flexibility index (Phi) is 3.80. The Hall–Kier alpha value is -2.42. The van der Waals surface area contributed by atoms with Gasteiger partial charge in [0.1, 0.15) is 12.4 Å². The molecule has 3 rings (SSSR count). The van der Waals surface area contributed by atoms with Gasteiger partial charge in [-0.05, 0) is 24.3 Å². The molecule has 0 atom stereocenters. The molecule has 0 saturated heterocycles. The Bertz CT molecular complexity index is 848. The summed E-state index contributed by atoms with van der Waals surface area (Å²) in [7, 11) is 0. The maximum atomic E-state index is 12.9. The van der Waals surface area contributed by atoms with Crippen LogP contribution < -0.4 is 4.74 Å². The zero-order valence-corrected chi connectivity index (χ0v) is 11.9. The second-order valence-electron chi connectivity index (χ2n) is 4.43. The summed E-state index contributed by atoms with van der Waals surface area (Å²) in [5.74, 6) is -0.315. The van der Waals surface area contributed by atoms with Crippen LogP contribution in [-0.4, -0.2) is 25.9 Å². The number of alkyl halides is 4. The minimum Gasteiger partial charge on any atom is -0.406 e. The van der Waals surface area contributed by atoms with Crippen molar-refractivity contribution < 1.29 is 22.3 Å². The molecule has 0 bridgehead atoms. The first kappa shape index (κ1) is 15.5. The van der Waals surface area contributed by atoms with Gasteiger partial charge in [0.15, 0.2) is 16.6 Å². The first-order chi connectivity index (χ1) is 10.9. The first-order valence-electron chi connectivity index (χ1n) is 6.19. The molecule has 0 aliphatic heterocycles. The van der Waals surface area contributed by atoms with E-state index in [1.807, 2.05) is 0 Å². The lowest BCUT2D eigenvalue weighted by Gasteiger charge is -2.09. The zero-order chi connectivity index (χ0) is 16.6. The summed E-state index contributed by atoms with van der Waals surface area (Å²) < 4.78 is 54.4. The quantitative estimate of drug-likeness (QED) is 0.677. The number of fused-ring (bicyclic) bond motifs is 1. The molecule has 2 heterocycles. The molecule has 10 heteroatoms. The number of hydrogen-bond donors (Lipinski definition) is 0. The molecule has 0 aliphatic carbocycles. The van der Waals surface area contributed by atoms with E-state index in [9.17, 15) is 17.6 Å². The number of benzene rings is 1. The molecule has 23 heavy (non-hydrogen) atoms. The monoisotopic (exact) mass is 346 g/mol. The maximum Gasteiger partial charge on any atom is 0.573 e. The van der Waals surface area contributed by atoms with Crippen LogP contribution in [-0.2, 0) is 6.67 Å². The van der Waals surface area contributed by atoms with Gasteiger partial charge in [-0.1, -0.05) is 11.6 Å². The van der Waals surface area contributed by atoms with Gasteiger partial charge in [0.05, 0.1) is 5.69 Å². The molecule has 2 aromatic heterocycles. The SMILES string of the molecule is FCc1nnc2c(Cl)nc(-c3ccc(OC(F)(F)F)cc3)cn12. The van der Waals surface area contributed by atoms with Crippen LogP contribution in [0.1, 0.15) is 5.82 Å². The van der Waals surface area contributed by atoms with Crippen LogP contribution in [0.15, 0.2) is 30.5 Å². The lowest BCUT2D eigenvalue weighted by Crippen LogP contribution is -2.16. The Morgan fingerprint density at radius 3 is 2.43 bits per heavy atom. The molecule has 120 valence electrons. The molecule has 0 radical (unpaired) electrons. The first-order valence-corrected chi connectivity index (χ1v) is 6.57. The van der Waals surface area contributed by atoms with Gasteiger partial charge in [0.2, 0.25) is 0 Å². The predicted molar refractivity (Wildman–Crippen MR) is 72.7 cm³/mol. The Morgan fingerprint density at radius 2 is 1.83 bits per heavy atom. The highest BCUT2D eigenvalue weighted by atomic mass is 35.5. The van der Waals surface area contributed by atoms with Gasteiger partial charge in [-0.3, -0.25) is 4.40 Å². The van der Waals surface area contributed by atoms with Crippen LogP contribution in [0, 0.1) is 0 Å². The third kappa shape index (κ3) is 3.19. The van der Waals surface area contributed by atoms with Crippen LogP contribution in [0.5, 0.6) is 5.75 Å². The average Bonchev–Trinajstić information content (AvgIpc) is 2.90. The molecule has 0 spiro atoms. The minimum absolute atomic E-state index is 0.00492. The van der Waals surface area contributed by atoms with Gasteiger partial charge in [-0.2, -0.15) is 0 Å². The Balaban J connectivity index is 1.99. The van der Waals surface area contributed by atoms with Gasteiger partial charge in [0.25, 0.3) is 0 Å². The summed E-state index contributed by atoms with van der Waals surface area (Å²) in [5, 5.41) is 7.35. The van der Waals surface area contributed by atoms with Crippen molar-refractivity contribution >= 4 is 17.2 Å². The van der Waals surface area contributed by atoms with Crippen molar-refractivity contribution in [2.24, 2.45) is 0 Å². The fourth-order valence-corrected chi connectivity index (χ4v) is 2.18. The number of ether oxygens (including phenoxy) is 1. The third-order valence-corrected chi connectivity index (χ3v) is 3.18. The summed E-state index contributed by atoms with van der Waals surface area (Å²) in [6, 6.07) is 5.05. The fraction of sp³-hybridized carbons (Fsp3) is 0.154. The molecule has 0 N–H and O–H groups in total. The van der Waals surface area contributed by atoms with E-state index in [2.05, 4.69) is 19.9 Å².